The fraction of sp³-hybridized carbons (Fsp3) is 0.583. The fourth-order valence-electron chi connectivity index (χ4n) is 5.03. The number of carbonyl (C=O) groups excluding carboxylic acids is 2. The number of benzene rings is 1. The summed E-state index contributed by atoms with van der Waals surface area (Å²) in [6.45, 7) is 0.848. The lowest BCUT2D eigenvalue weighted by atomic mass is 9.95. The Bertz CT molecular complexity index is 765. The predicted octanol–water partition coefficient (Wildman–Crippen LogP) is 4.24. The lowest BCUT2D eigenvalue weighted by molar-refractivity contribution is -0.158. The first-order valence-corrected chi connectivity index (χ1v) is 11.1. The van der Waals surface area contributed by atoms with Crippen LogP contribution in [0.3, 0.4) is 0 Å². The molecule has 0 bridgehead atoms. The molecule has 3 aliphatic rings. The van der Waals surface area contributed by atoms with Crippen molar-refractivity contribution in [2.45, 2.75) is 69.9 Å². The molecule has 5 nitrogen and oxygen atoms in total. The van der Waals surface area contributed by atoms with E-state index in [-0.39, 0.29) is 24.4 Å². The van der Waals surface area contributed by atoms with Crippen LogP contribution in [0.25, 0.3) is 0 Å². The van der Waals surface area contributed by atoms with Gasteiger partial charge < -0.3 is 14.5 Å². The van der Waals surface area contributed by atoms with Crippen LogP contribution in [0, 0.1) is 0 Å². The minimum absolute atomic E-state index is 0.0775. The van der Waals surface area contributed by atoms with Gasteiger partial charge in [-0.05, 0) is 62.6 Å². The summed E-state index contributed by atoms with van der Waals surface area (Å²) in [6.07, 6.45) is 12.3. The Labute approximate surface area is 173 Å². The number of hydrogen-bond donors (Lipinski definition) is 0. The van der Waals surface area contributed by atoms with E-state index in [1.54, 1.807) is 7.11 Å². The molecule has 2 fully saturated rings. The van der Waals surface area contributed by atoms with E-state index in [1.807, 2.05) is 34.1 Å². The smallest absolute Gasteiger partial charge is 0.250 e. The number of carbonyl (C=O) groups is 2. The van der Waals surface area contributed by atoms with Crippen LogP contribution in [0.15, 0.2) is 35.9 Å². The summed E-state index contributed by atoms with van der Waals surface area (Å²) in [5, 5.41) is 0. The first kappa shape index (κ1) is 20.0. The van der Waals surface area contributed by atoms with Gasteiger partial charge in [-0.3, -0.25) is 9.59 Å². The highest BCUT2D eigenvalue weighted by Crippen LogP contribution is 2.34. The van der Waals surface area contributed by atoms with Crippen LogP contribution in [0.4, 0.5) is 0 Å². The lowest BCUT2D eigenvalue weighted by Crippen LogP contribution is -2.58. The Kier molecular flexibility index (Phi) is 6.22. The summed E-state index contributed by atoms with van der Waals surface area (Å²) in [5.74, 6) is 0.919. The minimum Gasteiger partial charge on any atom is -0.497 e. The number of ether oxygens (including phenoxy) is 1. The zero-order chi connectivity index (χ0) is 20.2. The first-order chi connectivity index (χ1) is 14.2. The number of nitrogens with zero attached hydrogens (tertiary/aromatic N) is 2. The van der Waals surface area contributed by atoms with Crippen LogP contribution in [-0.2, 0) is 9.59 Å². The maximum Gasteiger partial charge on any atom is 0.250 e. The van der Waals surface area contributed by atoms with Crippen molar-refractivity contribution in [2.24, 2.45) is 0 Å². The Morgan fingerprint density at radius 2 is 1.79 bits per heavy atom. The van der Waals surface area contributed by atoms with Crippen molar-refractivity contribution in [2.75, 3.05) is 20.2 Å². The Morgan fingerprint density at radius 3 is 2.45 bits per heavy atom. The third-order valence-corrected chi connectivity index (χ3v) is 6.71. The summed E-state index contributed by atoms with van der Waals surface area (Å²) in [4.78, 5) is 30.4. The SMILES string of the molecule is COc1ccc([C@@H]2C(=O)N(C3CCCC3)CC(=O)N2CCC2=CCCCC2)cc1. The maximum atomic E-state index is 13.6. The van der Waals surface area contributed by atoms with Gasteiger partial charge in [-0.1, -0.05) is 36.6 Å². The van der Waals surface area contributed by atoms with Gasteiger partial charge >= 0.3 is 0 Å². The Hall–Kier alpha value is -2.30. The summed E-state index contributed by atoms with van der Waals surface area (Å²) in [5.41, 5.74) is 2.31. The Balaban J connectivity index is 1.58. The molecular weight excluding hydrogens is 364 g/mol. The van der Waals surface area contributed by atoms with E-state index in [0.717, 1.165) is 56.3 Å². The second kappa shape index (κ2) is 9.02. The van der Waals surface area contributed by atoms with Crippen molar-refractivity contribution in [1.82, 2.24) is 9.80 Å². The molecule has 2 amide bonds. The van der Waals surface area contributed by atoms with Crippen molar-refractivity contribution in [3.05, 3.63) is 41.5 Å². The van der Waals surface area contributed by atoms with Crippen LogP contribution in [0.2, 0.25) is 0 Å². The largest absolute Gasteiger partial charge is 0.497 e. The summed E-state index contributed by atoms with van der Waals surface area (Å²) >= 11 is 0. The van der Waals surface area contributed by atoms with Gasteiger partial charge in [0.05, 0.1) is 7.11 Å². The first-order valence-electron chi connectivity index (χ1n) is 11.1. The third-order valence-electron chi connectivity index (χ3n) is 6.71. The summed E-state index contributed by atoms with van der Waals surface area (Å²) in [7, 11) is 1.64. The highest BCUT2D eigenvalue weighted by atomic mass is 16.5. The second-order valence-electron chi connectivity index (χ2n) is 8.53. The van der Waals surface area contributed by atoms with Crippen molar-refractivity contribution >= 4 is 11.8 Å². The molecule has 156 valence electrons. The van der Waals surface area contributed by atoms with Gasteiger partial charge in [0.15, 0.2) is 0 Å². The number of allylic oxidation sites excluding steroid dienone is 1. The second-order valence-corrected chi connectivity index (χ2v) is 8.53. The molecule has 4 rings (SSSR count). The van der Waals surface area contributed by atoms with E-state index in [2.05, 4.69) is 6.08 Å². The molecule has 1 aliphatic heterocycles. The van der Waals surface area contributed by atoms with Gasteiger partial charge in [-0.25, -0.2) is 0 Å². The molecular formula is C24H32N2O3. The highest BCUT2D eigenvalue weighted by Gasteiger charge is 2.43. The van der Waals surface area contributed by atoms with Crippen molar-refractivity contribution in [1.29, 1.82) is 0 Å². The molecule has 0 N–H and O–H groups in total. The molecule has 0 radical (unpaired) electrons. The van der Waals surface area contributed by atoms with E-state index >= 15 is 0 Å². The highest BCUT2D eigenvalue weighted by molar-refractivity contribution is 5.95. The van der Waals surface area contributed by atoms with E-state index in [1.165, 1.54) is 18.4 Å². The lowest BCUT2D eigenvalue weighted by Gasteiger charge is -2.43. The van der Waals surface area contributed by atoms with Gasteiger partial charge in [-0.2, -0.15) is 0 Å². The van der Waals surface area contributed by atoms with Gasteiger partial charge in [0, 0.05) is 12.6 Å². The predicted molar refractivity (Wildman–Crippen MR) is 113 cm³/mol. The van der Waals surface area contributed by atoms with Crippen molar-refractivity contribution in [3.8, 4) is 5.75 Å². The molecule has 5 heteroatoms. The quantitative estimate of drug-likeness (QED) is 0.676. The van der Waals surface area contributed by atoms with Crippen molar-refractivity contribution < 1.29 is 14.3 Å². The standard InChI is InChI=1S/C24H32N2O3/c1-29-21-13-11-19(12-14-21)23-24(28)26(20-9-5-6-10-20)17-22(27)25(23)16-15-18-7-3-2-4-8-18/h7,11-14,20,23H,2-6,8-10,15-17H2,1H3/t23-/m1/s1. The number of rotatable bonds is 6. The Morgan fingerprint density at radius 1 is 1.03 bits per heavy atom. The van der Waals surface area contributed by atoms with E-state index in [4.69, 9.17) is 4.74 Å². The van der Waals surface area contributed by atoms with Gasteiger partial charge in [0.2, 0.25) is 5.91 Å². The molecule has 1 heterocycles. The molecule has 1 saturated heterocycles. The maximum absolute atomic E-state index is 13.6. The van der Waals surface area contributed by atoms with Crippen LogP contribution < -0.4 is 4.74 Å². The number of hydrogen-bond acceptors (Lipinski definition) is 3. The monoisotopic (exact) mass is 396 g/mol. The fourth-order valence-corrected chi connectivity index (χ4v) is 5.03. The van der Waals surface area contributed by atoms with E-state index in [0.29, 0.717) is 6.54 Å². The summed E-state index contributed by atoms with van der Waals surface area (Å²) in [6, 6.07) is 7.31. The van der Waals surface area contributed by atoms with Crippen LogP contribution in [0.5, 0.6) is 5.75 Å². The number of methoxy groups -OCH3 is 1. The molecule has 0 aromatic heterocycles. The van der Waals surface area contributed by atoms with Gasteiger partial charge in [-0.15, -0.1) is 0 Å². The van der Waals surface area contributed by atoms with E-state index < -0.39 is 6.04 Å². The normalized spacial score (nSPS) is 23.5. The third kappa shape index (κ3) is 4.34. The van der Waals surface area contributed by atoms with Crippen molar-refractivity contribution in [3.63, 3.8) is 0 Å². The molecule has 0 spiro atoms. The van der Waals surface area contributed by atoms with E-state index in [9.17, 15) is 9.59 Å². The molecule has 1 atom stereocenters. The molecule has 29 heavy (non-hydrogen) atoms. The number of piperazine rings is 1. The topological polar surface area (TPSA) is 49.9 Å². The van der Waals surface area contributed by atoms with Crippen LogP contribution >= 0.6 is 0 Å². The molecule has 1 aromatic carbocycles. The molecule has 0 unspecified atom stereocenters. The van der Waals surface area contributed by atoms with Gasteiger partial charge in [0.25, 0.3) is 5.91 Å². The van der Waals surface area contributed by atoms with Crippen LogP contribution in [0.1, 0.15) is 69.4 Å². The summed E-state index contributed by atoms with van der Waals surface area (Å²) < 4.78 is 5.28. The molecule has 1 saturated carbocycles. The minimum atomic E-state index is -0.521. The zero-order valence-corrected chi connectivity index (χ0v) is 17.4. The molecule has 1 aromatic rings. The average Bonchev–Trinajstić information content (AvgIpc) is 3.29. The zero-order valence-electron chi connectivity index (χ0n) is 17.4. The van der Waals surface area contributed by atoms with Crippen LogP contribution in [-0.4, -0.2) is 47.9 Å². The van der Waals surface area contributed by atoms with Gasteiger partial charge in [0.1, 0.15) is 18.3 Å². The molecule has 2 aliphatic carbocycles. The average molecular weight is 397 g/mol. The number of amides is 2.